The number of hydrogen-bond donors (Lipinski definition) is 0. The van der Waals surface area contributed by atoms with Gasteiger partial charge >= 0.3 is 0 Å². The van der Waals surface area contributed by atoms with Gasteiger partial charge < -0.3 is 9.30 Å². The van der Waals surface area contributed by atoms with E-state index in [9.17, 15) is 9.59 Å². The van der Waals surface area contributed by atoms with Gasteiger partial charge in [0.15, 0.2) is 5.78 Å². The van der Waals surface area contributed by atoms with E-state index in [0.29, 0.717) is 34.0 Å². The molecule has 0 aliphatic heterocycles. The van der Waals surface area contributed by atoms with Gasteiger partial charge in [0.05, 0.1) is 10.7 Å². The maximum atomic E-state index is 12.9. The topological polar surface area (TPSA) is 85.0 Å². The highest BCUT2D eigenvalue weighted by molar-refractivity contribution is 6.32. The first-order valence-electron chi connectivity index (χ1n) is 10.6. The highest BCUT2D eigenvalue weighted by Crippen LogP contribution is 2.35. The molecule has 2 aromatic heterocycles. The predicted molar refractivity (Wildman–Crippen MR) is 126 cm³/mol. The Morgan fingerprint density at radius 2 is 2.06 bits per heavy atom. The first kappa shape index (κ1) is 22.5. The number of nitrogens with zero attached hydrogens (tertiary/aromatic N) is 3. The molecule has 2 heterocycles. The average Bonchev–Trinajstić information content (AvgIpc) is 2.81. The summed E-state index contributed by atoms with van der Waals surface area (Å²) in [6.45, 7) is 2.21. The van der Waals surface area contributed by atoms with Crippen LogP contribution in [0.15, 0.2) is 59.0 Å². The normalized spacial score (nSPS) is 13.6. The molecule has 1 unspecified atom stereocenters. The van der Waals surface area contributed by atoms with Crippen LogP contribution in [0, 0.1) is 17.2 Å². The Morgan fingerprint density at radius 1 is 1.24 bits per heavy atom. The number of ketones is 1. The lowest BCUT2D eigenvalue weighted by atomic mass is 9.83. The molecule has 0 radical (unpaired) electrons. The van der Waals surface area contributed by atoms with Gasteiger partial charge in [-0.3, -0.25) is 14.6 Å². The summed E-state index contributed by atoms with van der Waals surface area (Å²) in [5.74, 6) is 0.364. The van der Waals surface area contributed by atoms with Crippen LogP contribution in [-0.4, -0.2) is 15.3 Å². The van der Waals surface area contributed by atoms with Crippen molar-refractivity contribution in [2.24, 2.45) is 13.0 Å². The molecule has 0 bridgehead atoms. The van der Waals surface area contributed by atoms with Crippen molar-refractivity contribution in [3.05, 3.63) is 97.7 Å². The molecular formula is C26H22ClN3O3. The zero-order valence-electron chi connectivity index (χ0n) is 18.3. The first-order chi connectivity index (χ1) is 15.9. The van der Waals surface area contributed by atoms with Crippen molar-refractivity contribution in [3.63, 3.8) is 0 Å². The first-order valence-corrected chi connectivity index (χ1v) is 10.9. The molecule has 6 nitrogen and oxygen atoms in total. The minimum absolute atomic E-state index is 0.0125. The third-order valence-corrected chi connectivity index (χ3v) is 6.13. The van der Waals surface area contributed by atoms with E-state index < -0.39 is 0 Å². The lowest BCUT2D eigenvalue weighted by Gasteiger charge is -2.22. The summed E-state index contributed by atoms with van der Waals surface area (Å²) in [6, 6.07) is 14.5. The van der Waals surface area contributed by atoms with Gasteiger partial charge in [0, 0.05) is 25.2 Å². The zero-order chi connectivity index (χ0) is 23.5. The zero-order valence-corrected chi connectivity index (χ0v) is 19.1. The number of carbonyl (C=O) groups excluding carboxylic acids is 1. The van der Waals surface area contributed by atoms with E-state index in [2.05, 4.69) is 4.98 Å². The standard InChI is InChI=1S/C26H22ClN3O3/c1-16(9-17-6-7-21(14-28)30(2)26(17)32)22-10-18-11-23(27)25(13-19(18)12-24(22)31)33-15-20-5-3-4-8-29-20/h3-8,10-11,13,16H,9,12,15H2,1-2H3. The molecule has 1 aromatic carbocycles. The Morgan fingerprint density at radius 3 is 2.79 bits per heavy atom. The number of hydrogen-bond acceptors (Lipinski definition) is 5. The molecule has 0 saturated heterocycles. The van der Waals surface area contributed by atoms with Gasteiger partial charge in [-0.25, -0.2) is 0 Å². The van der Waals surface area contributed by atoms with Gasteiger partial charge in [-0.05, 0) is 65.4 Å². The van der Waals surface area contributed by atoms with Crippen LogP contribution in [0.1, 0.15) is 35.0 Å². The maximum Gasteiger partial charge on any atom is 0.254 e. The Labute approximate surface area is 196 Å². The SMILES string of the molecule is CC(Cc1ccc(C#N)n(C)c1=O)C1=Cc2cc(Cl)c(OCc3ccccn3)cc2CC1=O. The minimum Gasteiger partial charge on any atom is -0.486 e. The van der Waals surface area contributed by atoms with Crippen LogP contribution in [0.3, 0.4) is 0 Å². The highest BCUT2D eigenvalue weighted by atomic mass is 35.5. The molecule has 33 heavy (non-hydrogen) atoms. The number of nitriles is 1. The summed E-state index contributed by atoms with van der Waals surface area (Å²) < 4.78 is 7.17. The molecule has 0 fully saturated rings. The number of halogens is 1. The smallest absolute Gasteiger partial charge is 0.254 e. The number of Topliss-reactive ketones (excluding diaryl/α,β-unsaturated/α-hetero) is 1. The number of ether oxygens (including phenoxy) is 1. The molecule has 3 aromatic rings. The van der Waals surface area contributed by atoms with Crippen molar-refractivity contribution < 1.29 is 9.53 Å². The number of pyridine rings is 2. The second-order valence-corrected chi connectivity index (χ2v) is 8.52. The van der Waals surface area contributed by atoms with Crippen molar-refractivity contribution in [2.45, 2.75) is 26.4 Å². The Bertz CT molecular complexity index is 1350. The third-order valence-electron chi connectivity index (χ3n) is 5.83. The van der Waals surface area contributed by atoms with Crippen molar-refractivity contribution in [1.82, 2.24) is 9.55 Å². The molecule has 0 saturated carbocycles. The fourth-order valence-corrected chi connectivity index (χ4v) is 4.21. The molecule has 1 atom stereocenters. The van der Waals surface area contributed by atoms with Crippen LogP contribution in [0.5, 0.6) is 5.75 Å². The number of rotatable bonds is 6. The Hall–Kier alpha value is -3.69. The second kappa shape index (κ2) is 9.43. The van der Waals surface area contributed by atoms with E-state index in [1.165, 1.54) is 4.57 Å². The fraction of sp³-hybridized carbons (Fsp3) is 0.231. The second-order valence-electron chi connectivity index (χ2n) is 8.12. The predicted octanol–water partition coefficient (Wildman–Crippen LogP) is 4.27. The average molecular weight is 460 g/mol. The summed E-state index contributed by atoms with van der Waals surface area (Å²) in [6.07, 6.45) is 4.21. The van der Waals surface area contributed by atoms with Crippen molar-refractivity contribution >= 4 is 23.5 Å². The highest BCUT2D eigenvalue weighted by Gasteiger charge is 2.25. The van der Waals surface area contributed by atoms with Crippen molar-refractivity contribution in [2.75, 3.05) is 0 Å². The summed E-state index contributed by atoms with van der Waals surface area (Å²) >= 11 is 6.46. The molecule has 0 spiro atoms. The number of benzene rings is 1. The molecule has 0 N–H and O–H groups in total. The van der Waals surface area contributed by atoms with Crippen molar-refractivity contribution in [1.29, 1.82) is 5.26 Å². The van der Waals surface area contributed by atoms with Gasteiger partial charge in [-0.15, -0.1) is 0 Å². The van der Waals surface area contributed by atoms with Gasteiger partial charge in [-0.2, -0.15) is 5.26 Å². The fourth-order valence-electron chi connectivity index (χ4n) is 3.98. The molecule has 7 heteroatoms. The Balaban J connectivity index is 1.56. The van der Waals surface area contributed by atoms with Gasteiger partial charge in [0.25, 0.3) is 5.56 Å². The molecule has 1 aliphatic rings. The van der Waals surface area contributed by atoms with Gasteiger partial charge in [0.1, 0.15) is 24.1 Å². The molecule has 1 aliphatic carbocycles. The van der Waals surface area contributed by atoms with Crippen LogP contribution in [0.4, 0.5) is 0 Å². The maximum absolute atomic E-state index is 12.9. The van der Waals surface area contributed by atoms with Crippen LogP contribution in [-0.2, 0) is 31.3 Å². The molecular weight excluding hydrogens is 438 g/mol. The van der Waals surface area contributed by atoms with E-state index in [1.54, 1.807) is 25.4 Å². The van der Waals surface area contributed by atoms with E-state index in [-0.39, 0.29) is 30.3 Å². The van der Waals surface area contributed by atoms with Crippen LogP contribution >= 0.6 is 11.6 Å². The number of allylic oxidation sites excluding steroid dienone is 1. The number of fused-ring (bicyclic) bond motifs is 1. The van der Waals surface area contributed by atoms with Crippen LogP contribution < -0.4 is 10.3 Å². The minimum atomic E-state index is -0.220. The summed E-state index contributed by atoms with van der Waals surface area (Å²) in [5, 5.41) is 9.56. The van der Waals surface area contributed by atoms with Crippen molar-refractivity contribution in [3.8, 4) is 11.8 Å². The molecule has 0 amide bonds. The molecule has 166 valence electrons. The van der Waals surface area contributed by atoms with E-state index in [4.69, 9.17) is 21.6 Å². The van der Waals surface area contributed by atoms with Crippen LogP contribution in [0.25, 0.3) is 6.08 Å². The van der Waals surface area contributed by atoms with E-state index >= 15 is 0 Å². The van der Waals surface area contributed by atoms with Gasteiger partial charge in [0.2, 0.25) is 0 Å². The third kappa shape index (κ3) is 4.74. The Kier molecular flexibility index (Phi) is 6.43. The lowest BCUT2D eigenvalue weighted by molar-refractivity contribution is -0.115. The van der Waals surface area contributed by atoms with E-state index in [0.717, 1.165) is 16.8 Å². The molecule has 4 rings (SSSR count). The van der Waals surface area contributed by atoms with Gasteiger partial charge in [-0.1, -0.05) is 30.7 Å². The summed E-state index contributed by atoms with van der Waals surface area (Å²) in [7, 11) is 1.58. The van der Waals surface area contributed by atoms with E-state index in [1.807, 2.05) is 49.4 Å². The number of aromatic nitrogens is 2. The van der Waals surface area contributed by atoms with Crippen LogP contribution in [0.2, 0.25) is 5.02 Å². The largest absolute Gasteiger partial charge is 0.486 e. The quantitative estimate of drug-likeness (QED) is 0.549. The summed E-state index contributed by atoms with van der Waals surface area (Å²) in [4.78, 5) is 29.7. The summed E-state index contributed by atoms with van der Waals surface area (Å²) in [5.41, 5.74) is 3.82. The number of carbonyl (C=O) groups is 1. The monoisotopic (exact) mass is 459 g/mol. The lowest BCUT2D eigenvalue weighted by Crippen LogP contribution is -2.26.